The predicted octanol–water partition coefficient (Wildman–Crippen LogP) is 2.91. The van der Waals surface area contributed by atoms with Gasteiger partial charge < -0.3 is 24.8 Å². The number of hydrogen-bond donors (Lipinski definition) is 2. The molecule has 0 atom stereocenters. The SMILES string of the molecule is CN=C(NCCCOC1CCOCC1)NCCc1cc(C)ccc1OC.I. The lowest BCUT2D eigenvalue weighted by molar-refractivity contribution is -0.0320. The van der Waals surface area contributed by atoms with Crippen LogP contribution in [0.2, 0.25) is 0 Å². The van der Waals surface area contributed by atoms with Crippen molar-refractivity contribution in [2.75, 3.05) is 47.1 Å². The lowest BCUT2D eigenvalue weighted by Gasteiger charge is -2.22. The molecule has 0 spiro atoms. The largest absolute Gasteiger partial charge is 0.496 e. The summed E-state index contributed by atoms with van der Waals surface area (Å²) in [7, 11) is 3.51. The van der Waals surface area contributed by atoms with Gasteiger partial charge in [-0.25, -0.2) is 0 Å². The maximum atomic E-state index is 5.88. The summed E-state index contributed by atoms with van der Waals surface area (Å²) < 4.78 is 16.6. The third kappa shape index (κ3) is 9.12. The predicted molar refractivity (Wildman–Crippen MR) is 121 cm³/mol. The van der Waals surface area contributed by atoms with Crippen molar-refractivity contribution in [2.45, 2.75) is 38.7 Å². The molecule has 1 aliphatic rings. The van der Waals surface area contributed by atoms with E-state index in [9.17, 15) is 0 Å². The van der Waals surface area contributed by atoms with Crippen LogP contribution in [-0.2, 0) is 15.9 Å². The number of aliphatic imine (C=N–C) groups is 1. The molecule has 1 aromatic carbocycles. The summed E-state index contributed by atoms with van der Waals surface area (Å²) in [6.45, 7) is 6.17. The summed E-state index contributed by atoms with van der Waals surface area (Å²) in [5.74, 6) is 1.76. The molecule has 0 radical (unpaired) electrons. The van der Waals surface area contributed by atoms with Crippen LogP contribution in [-0.4, -0.2) is 59.1 Å². The van der Waals surface area contributed by atoms with Crippen molar-refractivity contribution < 1.29 is 14.2 Å². The molecule has 6 nitrogen and oxygen atoms in total. The molecule has 0 amide bonds. The van der Waals surface area contributed by atoms with Crippen LogP contribution in [0.4, 0.5) is 0 Å². The second kappa shape index (κ2) is 14.0. The highest BCUT2D eigenvalue weighted by Gasteiger charge is 2.13. The first-order valence-electron chi connectivity index (χ1n) is 9.50. The lowest BCUT2D eigenvalue weighted by atomic mass is 10.1. The molecule has 1 saturated heterocycles. The van der Waals surface area contributed by atoms with E-state index in [2.05, 4.69) is 34.7 Å². The number of nitrogens with zero attached hydrogens (tertiary/aromatic N) is 1. The van der Waals surface area contributed by atoms with E-state index < -0.39 is 0 Å². The smallest absolute Gasteiger partial charge is 0.190 e. The van der Waals surface area contributed by atoms with Crippen molar-refractivity contribution in [3.05, 3.63) is 29.3 Å². The minimum Gasteiger partial charge on any atom is -0.496 e. The normalized spacial score (nSPS) is 15.1. The van der Waals surface area contributed by atoms with Gasteiger partial charge in [0.25, 0.3) is 0 Å². The molecular weight excluding hydrogens is 457 g/mol. The van der Waals surface area contributed by atoms with E-state index in [0.29, 0.717) is 6.10 Å². The Kier molecular flexibility index (Phi) is 12.4. The number of methoxy groups -OCH3 is 1. The Morgan fingerprint density at radius 2 is 1.96 bits per heavy atom. The van der Waals surface area contributed by atoms with E-state index >= 15 is 0 Å². The quantitative estimate of drug-likeness (QED) is 0.241. The number of guanidine groups is 1. The maximum Gasteiger partial charge on any atom is 0.190 e. The van der Waals surface area contributed by atoms with Gasteiger partial charge in [0, 0.05) is 40.0 Å². The van der Waals surface area contributed by atoms with Crippen molar-refractivity contribution in [3.8, 4) is 5.75 Å². The molecule has 0 unspecified atom stereocenters. The van der Waals surface area contributed by atoms with Crippen molar-refractivity contribution in [1.82, 2.24) is 10.6 Å². The van der Waals surface area contributed by atoms with Crippen molar-refractivity contribution in [1.29, 1.82) is 0 Å². The molecule has 1 heterocycles. The minimum atomic E-state index is 0. The van der Waals surface area contributed by atoms with E-state index in [1.165, 1.54) is 11.1 Å². The fraction of sp³-hybridized carbons (Fsp3) is 0.650. The van der Waals surface area contributed by atoms with Crippen molar-refractivity contribution in [3.63, 3.8) is 0 Å². The zero-order chi connectivity index (χ0) is 18.6. The molecule has 0 aliphatic carbocycles. The average Bonchev–Trinajstić information content (AvgIpc) is 2.67. The van der Waals surface area contributed by atoms with Gasteiger partial charge in [0.05, 0.1) is 13.2 Å². The highest BCUT2D eigenvalue weighted by Crippen LogP contribution is 2.19. The highest BCUT2D eigenvalue weighted by atomic mass is 127. The Morgan fingerprint density at radius 1 is 1.22 bits per heavy atom. The molecule has 0 bridgehead atoms. The molecule has 1 aliphatic heterocycles. The van der Waals surface area contributed by atoms with E-state index in [1.54, 1.807) is 14.2 Å². The Balaban J connectivity index is 0.00000364. The fourth-order valence-electron chi connectivity index (χ4n) is 3.01. The van der Waals surface area contributed by atoms with Crippen molar-refractivity contribution in [2.24, 2.45) is 4.99 Å². The third-order valence-electron chi connectivity index (χ3n) is 4.48. The number of benzene rings is 1. The number of nitrogens with one attached hydrogen (secondary N) is 2. The molecule has 1 aromatic rings. The van der Waals surface area contributed by atoms with Crippen LogP contribution in [0.25, 0.3) is 0 Å². The summed E-state index contributed by atoms with van der Waals surface area (Å²) in [5, 5.41) is 6.69. The zero-order valence-corrected chi connectivity index (χ0v) is 19.1. The van der Waals surface area contributed by atoms with Gasteiger partial charge in [0.1, 0.15) is 5.75 Å². The molecule has 27 heavy (non-hydrogen) atoms. The van der Waals surface area contributed by atoms with E-state index in [1.807, 2.05) is 6.07 Å². The first-order chi connectivity index (χ1) is 12.7. The van der Waals surface area contributed by atoms with Gasteiger partial charge in [0.15, 0.2) is 5.96 Å². The second-order valence-corrected chi connectivity index (χ2v) is 6.53. The van der Waals surface area contributed by atoms with Gasteiger partial charge in [-0.15, -0.1) is 24.0 Å². The number of halogens is 1. The molecule has 0 saturated carbocycles. The number of aryl methyl sites for hydroxylation is 1. The molecule has 0 aromatic heterocycles. The third-order valence-corrected chi connectivity index (χ3v) is 4.48. The molecule has 2 rings (SSSR count). The summed E-state index contributed by atoms with van der Waals surface area (Å²) in [6, 6.07) is 6.26. The topological polar surface area (TPSA) is 64.1 Å². The molecule has 7 heteroatoms. The molecular formula is C20H34IN3O3. The van der Waals surface area contributed by atoms with Crippen LogP contribution in [0.5, 0.6) is 5.75 Å². The zero-order valence-electron chi connectivity index (χ0n) is 16.8. The van der Waals surface area contributed by atoms with Crippen LogP contribution in [0.1, 0.15) is 30.4 Å². The van der Waals surface area contributed by atoms with Gasteiger partial charge in [-0.3, -0.25) is 4.99 Å². The van der Waals surface area contributed by atoms with Crippen LogP contribution in [0.15, 0.2) is 23.2 Å². The fourth-order valence-corrected chi connectivity index (χ4v) is 3.01. The first-order valence-corrected chi connectivity index (χ1v) is 9.50. The average molecular weight is 491 g/mol. The van der Waals surface area contributed by atoms with Gasteiger partial charge in [-0.2, -0.15) is 0 Å². The minimum absolute atomic E-state index is 0. The van der Waals surface area contributed by atoms with Crippen LogP contribution in [0, 0.1) is 6.92 Å². The summed E-state index contributed by atoms with van der Waals surface area (Å²) in [4.78, 5) is 4.27. The van der Waals surface area contributed by atoms with Crippen molar-refractivity contribution >= 4 is 29.9 Å². The van der Waals surface area contributed by atoms with Gasteiger partial charge in [-0.1, -0.05) is 17.7 Å². The summed E-state index contributed by atoms with van der Waals surface area (Å²) >= 11 is 0. The second-order valence-electron chi connectivity index (χ2n) is 6.53. The van der Waals surface area contributed by atoms with Crippen LogP contribution >= 0.6 is 24.0 Å². The highest BCUT2D eigenvalue weighted by molar-refractivity contribution is 14.0. The first kappa shape index (κ1) is 24.0. The Labute approximate surface area is 180 Å². The van der Waals surface area contributed by atoms with E-state index in [4.69, 9.17) is 14.2 Å². The number of hydrogen-bond acceptors (Lipinski definition) is 4. The van der Waals surface area contributed by atoms with Crippen LogP contribution < -0.4 is 15.4 Å². The molecule has 1 fully saturated rings. The maximum absolute atomic E-state index is 5.88. The standard InChI is InChI=1S/C20H33N3O3.HI/c1-16-5-6-19(24-3)17(15-16)7-11-23-20(21-2)22-10-4-12-26-18-8-13-25-14-9-18;/h5-6,15,18H,4,7-14H2,1-3H3,(H2,21,22,23);1H. The number of rotatable bonds is 9. The lowest BCUT2D eigenvalue weighted by Crippen LogP contribution is -2.39. The van der Waals surface area contributed by atoms with E-state index in [0.717, 1.165) is 70.3 Å². The summed E-state index contributed by atoms with van der Waals surface area (Å²) in [5.41, 5.74) is 2.45. The Hall–Kier alpha value is -1.06. The molecule has 154 valence electrons. The monoisotopic (exact) mass is 491 g/mol. The molecule has 2 N–H and O–H groups in total. The van der Waals surface area contributed by atoms with Gasteiger partial charge >= 0.3 is 0 Å². The van der Waals surface area contributed by atoms with E-state index in [-0.39, 0.29) is 24.0 Å². The van der Waals surface area contributed by atoms with Crippen LogP contribution in [0.3, 0.4) is 0 Å². The summed E-state index contributed by atoms with van der Waals surface area (Å²) in [6.07, 6.45) is 4.24. The Bertz CT molecular complexity index is 563. The number of ether oxygens (including phenoxy) is 3. The Morgan fingerprint density at radius 3 is 2.67 bits per heavy atom. The van der Waals surface area contributed by atoms with Gasteiger partial charge in [0.2, 0.25) is 0 Å². The van der Waals surface area contributed by atoms with Gasteiger partial charge in [-0.05, 0) is 44.2 Å².